The highest BCUT2D eigenvalue weighted by atomic mass is 16.5. The van der Waals surface area contributed by atoms with Gasteiger partial charge in [0.25, 0.3) is 0 Å². The van der Waals surface area contributed by atoms with Crippen LogP contribution in [0.1, 0.15) is 80.1 Å². The fourth-order valence-electron chi connectivity index (χ4n) is 2.76. The van der Waals surface area contributed by atoms with Crippen LogP contribution >= 0.6 is 0 Å². The second kappa shape index (κ2) is 8.27. The molecule has 0 aliphatic carbocycles. The van der Waals surface area contributed by atoms with E-state index in [1.807, 2.05) is 46.4 Å². The minimum Gasteiger partial charge on any atom is -0.374 e. The van der Waals surface area contributed by atoms with Crippen molar-refractivity contribution in [2.75, 3.05) is 13.2 Å². The molecule has 1 atom stereocenters. The van der Waals surface area contributed by atoms with Gasteiger partial charge in [0.05, 0.1) is 18.2 Å². The fraction of sp³-hybridized carbons (Fsp3) is 0.895. The zero-order valence-electron chi connectivity index (χ0n) is 15.9. The van der Waals surface area contributed by atoms with E-state index in [1.165, 1.54) is 0 Å². The van der Waals surface area contributed by atoms with Crippen LogP contribution in [0.15, 0.2) is 0 Å². The molecule has 0 N–H and O–H groups in total. The predicted molar refractivity (Wildman–Crippen MR) is 93.4 cm³/mol. The van der Waals surface area contributed by atoms with Crippen molar-refractivity contribution in [1.82, 2.24) is 4.90 Å². The molecular weight excluding hydrogens is 290 g/mol. The molecule has 1 aliphatic heterocycles. The molecule has 1 aliphatic rings. The molecule has 0 bridgehead atoms. The van der Waals surface area contributed by atoms with Crippen LogP contribution in [0.3, 0.4) is 0 Å². The summed E-state index contributed by atoms with van der Waals surface area (Å²) < 4.78 is 5.85. The number of hydrogen-bond acceptors (Lipinski definition) is 3. The molecule has 23 heavy (non-hydrogen) atoms. The fourth-order valence-corrected chi connectivity index (χ4v) is 2.76. The Morgan fingerprint density at radius 3 is 2.22 bits per heavy atom. The molecule has 0 aromatic carbocycles. The van der Waals surface area contributed by atoms with Crippen LogP contribution < -0.4 is 0 Å². The van der Waals surface area contributed by atoms with Crippen LogP contribution in [-0.2, 0) is 14.3 Å². The van der Waals surface area contributed by atoms with E-state index in [1.54, 1.807) is 0 Å². The van der Waals surface area contributed by atoms with Gasteiger partial charge in [-0.3, -0.25) is 9.59 Å². The predicted octanol–water partition coefficient (Wildman–Crippen LogP) is 3.97. The standard InChI is InChI=1S/C19H35NO3/c1-18(2,3)16(21)11-7-8-12-17(22)20-13-9-10-15(20)14-23-19(4,5)6/h15H,7-14H2,1-6H3/t15-/m0/s1. The zero-order chi connectivity index (χ0) is 17.7. The second-order valence-electron chi connectivity index (χ2n) is 8.69. The molecule has 1 amide bonds. The number of likely N-dealkylation sites (tertiary alicyclic amines) is 1. The molecule has 0 aromatic heterocycles. The monoisotopic (exact) mass is 325 g/mol. The van der Waals surface area contributed by atoms with Gasteiger partial charge in [-0.25, -0.2) is 0 Å². The third-order valence-corrected chi connectivity index (χ3v) is 4.29. The lowest BCUT2D eigenvalue weighted by molar-refractivity contribution is -0.134. The molecular formula is C19H35NO3. The van der Waals surface area contributed by atoms with Gasteiger partial charge in [-0.05, 0) is 46.5 Å². The maximum atomic E-state index is 12.4. The molecule has 1 rings (SSSR count). The Bertz CT molecular complexity index is 404. The van der Waals surface area contributed by atoms with Crippen LogP contribution in [0.5, 0.6) is 0 Å². The first-order valence-corrected chi connectivity index (χ1v) is 8.97. The highest BCUT2D eigenvalue weighted by Crippen LogP contribution is 2.22. The summed E-state index contributed by atoms with van der Waals surface area (Å²) >= 11 is 0. The van der Waals surface area contributed by atoms with Gasteiger partial charge in [-0.2, -0.15) is 0 Å². The summed E-state index contributed by atoms with van der Waals surface area (Å²) in [6.07, 6.45) is 4.82. The van der Waals surface area contributed by atoms with Crippen LogP contribution in [-0.4, -0.2) is 41.4 Å². The first kappa shape index (κ1) is 20.1. The number of carbonyl (C=O) groups is 2. The van der Waals surface area contributed by atoms with Gasteiger partial charge in [0.2, 0.25) is 5.91 Å². The summed E-state index contributed by atoms with van der Waals surface area (Å²) in [6, 6.07) is 0.220. The van der Waals surface area contributed by atoms with Crippen LogP contribution in [0.4, 0.5) is 0 Å². The third kappa shape index (κ3) is 7.47. The Balaban J connectivity index is 2.32. The molecule has 4 nitrogen and oxygen atoms in total. The van der Waals surface area contributed by atoms with Gasteiger partial charge in [0.15, 0.2) is 0 Å². The first-order valence-electron chi connectivity index (χ1n) is 8.97. The van der Waals surface area contributed by atoms with E-state index in [0.717, 1.165) is 32.2 Å². The number of ketones is 1. The molecule has 0 radical (unpaired) electrons. The summed E-state index contributed by atoms with van der Waals surface area (Å²) in [4.78, 5) is 26.3. The summed E-state index contributed by atoms with van der Waals surface area (Å²) in [6.45, 7) is 13.4. The number of hydrogen-bond donors (Lipinski definition) is 0. The second-order valence-corrected chi connectivity index (χ2v) is 8.69. The highest BCUT2D eigenvalue weighted by molar-refractivity contribution is 5.83. The molecule has 0 unspecified atom stereocenters. The Labute approximate surface area is 141 Å². The van der Waals surface area contributed by atoms with E-state index in [-0.39, 0.29) is 28.7 Å². The van der Waals surface area contributed by atoms with Crippen molar-refractivity contribution < 1.29 is 14.3 Å². The highest BCUT2D eigenvalue weighted by Gasteiger charge is 2.29. The van der Waals surface area contributed by atoms with Crippen molar-refractivity contribution in [3.8, 4) is 0 Å². The minimum absolute atomic E-state index is 0.162. The lowest BCUT2D eigenvalue weighted by atomic mass is 9.88. The van der Waals surface area contributed by atoms with Crippen molar-refractivity contribution in [3.05, 3.63) is 0 Å². The van der Waals surface area contributed by atoms with Gasteiger partial charge in [-0.1, -0.05) is 20.8 Å². The lowest BCUT2D eigenvalue weighted by Gasteiger charge is -2.28. The smallest absolute Gasteiger partial charge is 0.222 e. The molecule has 0 spiro atoms. The van der Waals surface area contributed by atoms with E-state index in [4.69, 9.17) is 4.74 Å². The van der Waals surface area contributed by atoms with Crippen molar-refractivity contribution in [2.24, 2.45) is 5.41 Å². The van der Waals surface area contributed by atoms with Crippen molar-refractivity contribution in [2.45, 2.75) is 91.7 Å². The summed E-state index contributed by atoms with van der Waals surface area (Å²) in [7, 11) is 0. The van der Waals surface area contributed by atoms with E-state index < -0.39 is 0 Å². The summed E-state index contributed by atoms with van der Waals surface area (Å²) in [5.74, 6) is 0.496. The third-order valence-electron chi connectivity index (χ3n) is 4.29. The molecule has 1 saturated heterocycles. The Hall–Kier alpha value is -0.900. The normalized spacial score (nSPS) is 19.2. The molecule has 0 aromatic rings. The Morgan fingerprint density at radius 2 is 1.65 bits per heavy atom. The van der Waals surface area contributed by atoms with Crippen molar-refractivity contribution in [1.29, 1.82) is 0 Å². The number of rotatable bonds is 7. The number of nitrogens with zero attached hydrogens (tertiary/aromatic N) is 1. The lowest BCUT2D eigenvalue weighted by Crippen LogP contribution is -2.40. The van der Waals surface area contributed by atoms with Crippen LogP contribution in [0.25, 0.3) is 0 Å². The number of Topliss-reactive ketones (excluding diaryl/α,β-unsaturated/α-hetero) is 1. The van der Waals surface area contributed by atoms with Crippen molar-refractivity contribution >= 4 is 11.7 Å². The molecule has 0 saturated carbocycles. The largest absolute Gasteiger partial charge is 0.374 e. The van der Waals surface area contributed by atoms with Crippen molar-refractivity contribution in [3.63, 3.8) is 0 Å². The zero-order valence-corrected chi connectivity index (χ0v) is 15.9. The van der Waals surface area contributed by atoms with Gasteiger partial charge < -0.3 is 9.64 Å². The Morgan fingerprint density at radius 1 is 1.04 bits per heavy atom. The average Bonchev–Trinajstić information content (AvgIpc) is 2.87. The quantitative estimate of drug-likeness (QED) is 0.665. The van der Waals surface area contributed by atoms with Gasteiger partial charge in [0, 0.05) is 24.8 Å². The number of carbonyl (C=O) groups excluding carboxylic acids is 2. The summed E-state index contributed by atoms with van der Waals surface area (Å²) in [5.41, 5.74) is -0.432. The SMILES string of the molecule is CC(C)(C)OC[C@@H]1CCCN1C(=O)CCCCC(=O)C(C)(C)C. The molecule has 134 valence electrons. The summed E-state index contributed by atoms with van der Waals surface area (Å²) in [5, 5.41) is 0. The van der Waals surface area contributed by atoms with E-state index >= 15 is 0 Å². The molecule has 4 heteroatoms. The Kier molecular flexibility index (Phi) is 7.25. The van der Waals surface area contributed by atoms with Crippen LogP contribution in [0.2, 0.25) is 0 Å². The molecule has 1 heterocycles. The van der Waals surface area contributed by atoms with Crippen LogP contribution in [0, 0.1) is 5.41 Å². The van der Waals surface area contributed by atoms with Gasteiger partial charge in [-0.15, -0.1) is 0 Å². The van der Waals surface area contributed by atoms with Gasteiger partial charge in [0.1, 0.15) is 5.78 Å². The molecule has 1 fully saturated rings. The topological polar surface area (TPSA) is 46.6 Å². The van der Waals surface area contributed by atoms with E-state index in [0.29, 0.717) is 19.4 Å². The number of ether oxygens (including phenoxy) is 1. The number of unbranched alkanes of at least 4 members (excludes halogenated alkanes) is 1. The maximum Gasteiger partial charge on any atom is 0.222 e. The number of amides is 1. The minimum atomic E-state index is -0.269. The van der Waals surface area contributed by atoms with E-state index in [2.05, 4.69) is 0 Å². The average molecular weight is 325 g/mol. The van der Waals surface area contributed by atoms with Gasteiger partial charge >= 0.3 is 0 Å². The first-order chi connectivity index (χ1) is 10.5. The maximum absolute atomic E-state index is 12.4. The van der Waals surface area contributed by atoms with E-state index in [9.17, 15) is 9.59 Å².